The van der Waals surface area contributed by atoms with Crippen molar-refractivity contribution in [2.45, 2.75) is 6.54 Å². The highest BCUT2D eigenvalue weighted by atomic mass is 16.2. The standard InChI is InChI=1S/C13H13N7O3/c21-11(7-19-8-12(22)15-13(19)23)14-6-10-16-17-18-20(10)9-4-2-1-3-5-9/h1-5H,6-8H2,(H,14,21)(H,15,22,23). The van der Waals surface area contributed by atoms with E-state index in [-0.39, 0.29) is 19.6 Å². The number of imide groups is 1. The molecule has 10 heteroatoms. The maximum Gasteiger partial charge on any atom is 0.325 e. The van der Waals surface area contributed by atoms with Crippen LogP contribution in [-0.2, 0) is 16.1 Å². The number of amides is 4. The second kappa shape index (κ2) is 6.22. The molecule has 0 spiro atoms. The Labute approximate surface area is 130 Å². The van der Waals surface area contributed by atoms with Gasteiger partial charge in [0.1, 0.15) is 13.1 Å². The van der Waals surface area contributed by atoms with Gasteiger partial charge in [0.05, 0.1) is 12.2 Å². The smallest absolute Gasteiger partial charge is 0.325 e. The highest BCUT2D eigenvalue weighted by molar-refractivity contribution is 6.03. The van der Waals surface area contributed by atoms with Crippen molar-refractivity contribution < 1.29 is 14.4 Å². The van der Waals surface area contributed by atoms with E-state index in [9.17, 15) is 14.4 Å². The van der Waals surface area contributed by atoms with E-state index in [2.05, 4.69) is 26.2 Å². The van der Waals surface area contributed by atoms with Crippen molar-refractivity contribution in [2.75, 3.05) is 13.1 Å². The molecule has 1 saturated heterocycles. The van der Waals surface area contributed by atoms with Gasteiger partial charge in [0.15, 0.2) is 5.82 Å². The van der Waals surface area contributed by atoms with E-state index in [1.807, 2.05) is 30.3 Å². The van der Waals surface area contributed by atoms with Crippen LogP contribution in [0.25, 0.3) is 5.69 Å². The Hall–Kier alpha value is -3.30. The maximum absolute atomic E-state index is 11.9. The summed E-state index contributed by atoms with van der Waals surface area (Å²) in [6.45, 7) is -0.220. The Bertz CT molecular complexity index is 743. The van der Waals surface area contributed by atoms with Gasteiger partial charge in [-0.2, -0.15) is 4.68 Å². The predicted octanol–water partition coefficient (Wildman–Crippen LogP) is -1.17. The molecule has 4 amide bonds. The molecule has 0 unspecified atom stereocenters. The quantitative estimate of drug-likeness (QED) is 0.670. The van der Waals surface area contributed by atoms with Crippen LogP contribution in [0.1, 0.15) is 5.82 Å². The van der Waals surface area contributed by atoms with Crippen LogP contribution in [0.2, 0.25) is 0 Å². The number of hydrogen-bond acceptors (Lipinski definition) is 6. The minimum Gasteiger partial charge on any atom is -0.347 e. The molecule has 0 atom stereocenters. The number of aromatic nitrogens is 4. The van der Waals surface area contributed by atoms with Gasteiger partial charge in [0.2, 0.25) is 11.8 Å². The van der Waals surface area contributed by atoms with E-state index in [1.54, 1.807) is 0 Å². The number of nitrogens with one attached hydrogen (secondary N) is 2. The molecule has 1 fully saturated rings. The summed E-state index contributed by atoms with van der Waals surface area (Å²) in [5, 5.41) is 16.1. The molecule has 2 heterocycles. The van der Waals surface area contributed by atoms with Crippen molar-refractivity contribution in [2.24, 2.45) is 0 Å². The van der Waals surface area contributed by atoms with Crippen LogP contribution in [0.3, 0.4) is 0 Å². The number of rotatable bonds is 5. The van der Waals surface area contributed by atoms with E-state index in [0.29, 0.717) is 5.82 Å². The molecule has 2 N–H and O–H groups in total. The third-order valence-electron chi connectivity index (χ3n) is 3.18. The summed E-state index contributed by atoms with van der Waals surface area (Å²) in [6.07, 6.45) is 0. The van der Waals surface area contributed by atoms with E-state index >= 15 is 0 Å². The average Bonchev–Trinajstić information content (AvgIpc) is 3.13. The van der Waals surface area contributed by atoms with Gasteiger partial charge in [0.25, 0.3) is 0 Å². The number of para-hydroxylation sites is 1. The molecular formula is C13H13N7O3. The van der Waals surface area contributed by atoms with Gasteiger partial charge in [-0.15, -0.1) is 5.10 Å². The number of hydrogen-bond donors (Lipinski definition) is 2. The van der Waals surface area contributed by atoms with Gasteiger partial charge in [0, 0.05) is 0 Å². The number of carbonyl (C=O) groups excluding carboxylic acids is 3. The first kappa shape index (κ1) is 14.6. The number of nitrogens with zero attached hydrogens (tertiary/aromatic N) is 5. The van der Waals surface area contributed by atoms with Gasteiger partial charge in [-0.1, -0.05) is 18.2 Å². The lowest BCUT2D eigenvalue weighted by Crippen LogP contribution is -2.39. The fraction of sp³-hybridized carbons (Fsp3) is 0.231. The zero-order valence-corrected chi connectivity index (χ0v) is 12.0. The summed E-state index contributed by atoms with van der Waals surface area (Å²) in [7, 11) is 0. The van der Waals surface area contributed by atoms with Crippen molar-refractivity contribution in [3.8, 4) is 5.69 Å². The second-order valence-corrected chi connectivity index (χ2v) is 4.83. The molecule has 1 aliphatic rings. The van der Waals surface area contributed by atoms with Crippen LogP contribution in [0.15, 0.2) is 30.3 Å². The molecule has 1 aliphatic heterocycles. The number of carbonyl (C=O) groups is 3. The minimum absolute atomic E-state index is 0.101. The third-order valence-corrected chi connectivity index (χ3v) is 3.18. The molecule has 0 radical (unpaired) electrons. The van der Waals surface area contributed by atoms with Crippen LogP contribution in [0, 0.1) is 0 Å². The molecule has 1 aromatic carbocycles. The van der Waals surface area contributed by atoms with Crippen molar-refractivity contribution in [1.29, 1.82) is 0 Å². The topological polar surface area (TPSA) is 122 Å². The monoisotopic (exact) mass is 315 g/mol. The molecule has 10 nitrogen and oxygen atoms in total. The van der Waals surface area contributed by atoms with Gasteiger partial charge in [-0.05, 0) is 22.6 Å². The molecule has 1 aromatic heterocycles. The lowest BCUT2D eigenvalue weighted by Gasteiger charge is -2.12. The lowest BCUT2D eigenvalue weighted by molar-refractivity contribution is -0.122. The zero-order chi connectivity index (χ0) is 16.2. The summed E-state index contributed by atoms with van der Waals surface area (Å²) in [5.74, 6) is -0.375. The number of benzene rings is 1. The maximum atomic E-state index is 11.9. The fourth-order valence-corrected chi connectivity index (χ4v) is 2.10. The van der Waals surface area contributed by atoms with Crippen LogP contribution >= 0.6 is 0 Å². The number of urea groups is 1. The molecule has 3 rings (SSSR count). The summed E-state index contributed by atoms with van der Waals surface area (Å²) in [4.78, 5) is 35.4. The van der Waals surface area contributed by atoms with Crippen LogP contribution in [0.5, 0.6) is 0 Å². The molecule has 23 heavy (non-hydrogen) atoms. The van der Waals surface area contributed by atoms with E-state index < -0.39 is 17.8 Å². The zero-order valence-electron chi connectivity index (χ0n) is 12.0. The normalized spacial score (nSPS) is 14.0. The van der Waals surface area contributed by atoms with E-state index in [0.717, 1.165) is 10.6 Å². The predicted molar refractivity (Wildman–Crippen MR) is 76.1 cm³/mol. The first-order valence-corrected chi connectivity index (χ1v) is 6.81. The Morgan fingerprint density at radius 1 is 1.26 bits per heavy atom. The Balaban J connectivity index is 1.59. The first-order chi connectivity index (χ1) is 11.1. The Morgan fingerprint density at radius 3 is 2.74 bits per heavy atom. The highest BCUT2D eigenvalue weighted by Gasteiger charge is 2.28. The molecule has 0 bridgehead atoms. The summed E-state index contributed by atoms with van der Waals surface area (Å²) in [5.41, 5.74) is 0.770. The van der Waals surface area contributed by atoms with Crippen molar-refractivity contribution in [3.05, 3.63) is 36.2 Å². The van der Waals surface area contributed by atoms with Crippen molar-refractivity contribution >= 4 is 17.8 Å². The third kappa shape index (κ3) is 3.31. The summed E-state index contributed by atoms with van der Waals surface area (Å²) >= 11 is 0. The van der Waals surface area contributed by atoms with Crippen molar-refractivity contribution in [3.63, 3.8) is 0 Å². The molecule has 118 valence electrons. The van der Waals surface area contributed by atoms with Gasteiger partial charge < -0.3 is 10.2 Å². The number of tetrazole rings is 1. The SMILES string of the molecule is O=C(CN1CC(=O)NC1=O)NCc1nnnn1-c1ccccc1. The molecule has 2 aromatic rings. The minimum atomic E-state index is -0.570. The van der Waals surface area contributed by atoms with E-state index in [4.69, 9.17) is 0 Å². The largest absolute Gasteiger partial charge is 0.347 e. The average molecular weight is 315 g/mol. The van der Waals surface area contributed by atoms with Gasteiger partial charge in [-0.25, -0.2) is 4.79 Å². The van der Waals surface area contributed by atoms with Gasteiger partial charge in [-0.3, -0.25) is 14.9 Å². The summed E-state index contributed by atoms with van der Waals surface area (Å²) < 4.78 is 1.51. The summed E-state index contributed by atoms with van der Waals surface area (Å²) in [6, 6.07) is 8.67. The Morgan fingerprint density at radius 2 is 2.04 bits per heavy atom. The van der Waals surface area contributed by atoms with Crippen LogP contribution < -0.4 is 10.6 Å². The highest BCUT2D eigenvalue weighted by Crippen LogP contribution is 2.06. The van der Waals surface area contributed by atoms with Gasteiger partial charge >= 0.3 is 6.03 Å². The lowest BCUT2D eigenvalue weighted by atomic mass is 10.3. The Kier molecular flexibility index (Phi) is 3.95. The van der Waals surface area contributed by atoms with Crippen molar-refractivity contribution in [1.82, 2.24) is 35.7 Å². The molecule has 0 saturated carbocycles. The van der Waals surface area contributed by atoms with E-state index in [1.165, 1.54) is 4.68 Å². The first-order valence-electron chi connectivity index (χ1n) is 6.81. The molecule has 0 aliphatic carbocycles. The van der Waals surface area contributed by atoms with Crippen LogP contribution in [-0.4, -0.2) is 56.0 Å². The molecular weight excluding hydrogens is 302 g/mol. The second-order valence-electron chi connectivity index (χ2n) is 4.83. The van der Waals surface area contributed by atoms with Crippen LogP contribution in [0.4, 0.5) is 4.79 Å². The fourth-order valence-electron chi connectivity index (χ4n) is 2.10.